The Hall–Kier alpha value is -4.46. The quantitative estimate of drug-likeness (QED) is 0.367. The van der Waals surface area contributed by atoms with Gasteiger partial charge in [-0.2, -0.15) is 0 Å². The highest BCUT2D eigenvalue weighted by atomic mass is 16.5. The normalized spacial score (nSPS) is 10.7. The fourth-order valence-electron chi connectivity index (χ4n) is 3.94. The van der Waals surface area contributed by atoms with Crippen LogP contribution < -0.4 is 29.7 Å². The van der Waals surface area contributed by atoms with E-state index in [9.17, 15) is 9.59 Å². The van der Waals surface area contributed by atoms with E-state index in [1.807, 2.05) is 19.9 Å². The molecule has 1 amide bonds. The van der Waals surface area contributed by atoms with E-state index in [0.29, 0.717) is 39.5 Å². The first-order chi connectivity index (χ1) is 17.3. The molecule has 0 unspecified atom stereocenters. The minimum Gasteiger partial charge on any atom is -0.497 e. The number of aryl methyl sites for hydroxylation is 2. The molecule has 0 spiro atoms. The van der Waals surface area contributed by atoms with E-state index in [0.717, 1.165) is 11.1 Å². The van der Waals surface area contributed by atoms with Gasteiger partial charge in [0.25, 0.3) is 5.91 Å². The van der Waals surface area contributed by atoms with E-state index in [-0.39, 0.29) is 16.9 Å². The maximum absolute atomic E-state index is 13.6. The van der Waals surface area contributed by atoms with Crippen molar-refractivity contribution in [2.75, 3.05) is 33.3 Å². The number of amides is 1. The van der Waals surface area contributed by atoms with Gasteiger partial charge < -0.3 is 28.7 Å². The van der Waals surface area contributed by atoms with E-state index in [2.05, 4.69) is 5.32 Å². The second-order valence-corrected chi connectivity index (χ2v) is 8.18. The van der Waals surface area contributed by atoms with Crippen LogP contribution in [0.25, 0.3) is 22.3 Å². The number of methoxy groups -OCH3 is 3. The third kappa shape index (κ3) is 4.98. The molecule has 1 aromatic heterocycles. The van der Waals surface area contributed by atoms with Gasteiger partial charge in [-0.15, -0.1) is 0 Å². The van der Waals surface area contributed by atoms with E-state index in [1.54, 1.807) is 55.6 Å². The van der Waals surface area contributed by atoms with E-state index in [1.165, 1.54) is 14.2 Å². The predicted octanol–water partition coefficient (Wildman–Crippen LogP) is 5.12. The summed E-state index contributed by atoms with van der Waals surface area (Å²) in [5.74, 6) is 1.35. The largest absolute Gasteiger partial charge is 0.497 e. The molecule has 1 heterocycles. The highest BCUT2D eigenvalue weighted by Crippen LogP contribution is 2.37. The minimum absolute atomic E-state index is 0.0652. The summed E-state index contributed by atoms with van der Waals surface area (Å²) < 4.78 is 27.9. The van der Waals surface area contributed by atoms with Crippen LogP contribution in [0.15, 0.2) is 63.8 Å². The number of fused-ring (bicyclic) bond motifs is 1. The van der Waals surface area contributed by atoms with Crippen molar-refractivity contribution < 1.29 is 28.2 Å². The zero-order valence-electron chi connectivity index (χ0n) is 20.8. The van der Waals surface area contributed by atoms with Gasteiger partial charge in [-0.05, 0) is 73.5 Å². The van der Waals surface area contributed by atoms with Gasteiger partial charge in [-0.3, -0.25) is 9.59 Å². The first-order valence-corrected chi connectivity index (χ1v) is 11.2. The number of carbonyl (C=O) groups excluding carboxylic acids is 1. The van der Waals surface area contributed by atoms with Crippen LogP contribution >= 0.6 is 0 Å². The molecule has 0 aliphatic heterocycles. The Labute approximate surface area is 208 Å². The molecule has 0 saturated heterocycles. The summed E-state index contributed by atoms with van der Waals surface area (Å²) in [5, 5.41) is 3.12. The summed E-state index contributed by atoms with van der Waals surface area (Å²) in [6.45, 7) is 3.38. The van der Waals surface area contributed by atoms with Crippen molar-refractivity contribution in [3.63, 3.8) is 0 Å². The van der Waals surface area contributed by atoms with Gasteiger partial charge in [0, 0.05) is 11.3 Å². The van der Waals surface area contributed by atoms with Crippen LogP contribution in [0, 0.1) is 13.8 Å². The molecule has 8 heteroatoms. The van der Waals surface area contributed by atoms with Crippen molar-refractivity contribution >= 4 is 22.6 Å². The molecule has 36 heavy (non-hydrogen) atoms. The lowest BCUT2D eigenvalue weighted by atomic mass is 10.0. The number of rotatable bonds is 8. The third-order valence-corrected chi connectivity index (χ3v) is 5.65. The summed E-state index contributed by atoms with van der Waals surface area (Å²) in [4.78, 5) is 26.2. The maximum atomic E-state index is 13.6. The monoisotopic (exact) mass is 489 g/mol. The second-order valence-electron chi connectivity index (χ2n) is 8.18. The average Bonchev–Trinajstić information content (AvgIpc) is 2.88. The Morgan fingerprint density at radius 2 is 1.61 bits per heavy atom. The lowest BCUT2D eigenvalue weighted by Gasteiger charge is -2.14. The molecule has 0 bridgehead atoms. The molecule has 0 radical (unpaired) electrons. The van der Waals surface area contributed by atoms with E-state index < -0.39 is 12.5 Å². The molecule has 0 atom stereocenters. The molecule has 1 N–H and O–H groups in total. The number of ether oxygens (including phenoxy) is 4. The Kier molecular flexibility index (Phi) is 7.15. The van der Waals surface area contributed by atoms with Crippen LogP contribution in [-0.2, 0) is 4.79 Å². The Balaban J connectivity index is 1.74. The fourth-order valence-corrected chi connectivity index (χ4v) is 3.94. The van der Waals surface area contributed by atoms with Crippen molar-refractivity contribution in [2.24, 2.45) is 0 Å². The Morgan fingerprint density at radius 3 is 2.28 bits per heavy atom. The zero-order chi connectivity index (χ0) is 25.8. The third-order valence-electron chi connectivity index (χ3n) is 5.65. The maximum Gasteiger partial charge on any atom is 0.262 e. The van der Waals surface area contributed by atoms with Gasteiger partial charge >= 0.3 is 0 Å². The molecule has 0 saturated carbocycles. The highest BCUT2D eigenvalue weighted by Gasteiger charge is 2.21. The lowest BCUT2D eigenvalue weighted by Crippen LogP contribution is -2.22. The highest BCUT2D eigenvalue weighted by molar-refractivity contribution is 5.92. The topological polar surface area (TPSA) is 96.2 Å². The molecular formula is C28H27NO7. The fraction of sp³-hybridized carbons (Fsp3) is 0.214. The van der Waals surface area contributed by atoms with Gasteiger partial charge in [0.15, 0.2) is 23.9 Å². The van der Waals surface area contributed by atoms with Gasteiger partial charge in [0.1, 0.15) is 11.3 Å². The van der Waals surface area contributed by atoms with Gasteiger partial charge in [0.2, 0.25) is 11.2 Å². The number of anilines is 1. The second kappa shape index (κ2) is 10.4. The Morgan fingerprint density at radius 1 is 0.889 bits per heavy atom. The van der Waals surface area contributed by atoms with Crippen LogP contribution in [0.3, 0.4) is 0 Å². The first kappa shape index (κ1) is 24.7. The van der Waals surface area contributed by atoms with Crippen LogP contribution in [0.2, 0.25) is 0 Å². The first-order valence-electron chi connectivity index (χ1n) is 11.2. The summed E-state index contributed by atoms with van der Waals surface area (Å²) in [5.41, 5.74) is 2.91. The molecule has 4 aromatic rings. The summed E-state index contributed by atoms with van der Waals surface area (Å²) >= 11 is 0. The lowest BCUT2D eigenvalue weighted by molar-refractivity contribution is -0.118. The molecule has 0 fully saturated rings. The Bertz CT molecular complexity index is 1470. The van der Waals surface area contributed by atoms with E-state index in [4.69, 9.17) is 23.4 Å². The summed E-state index contributed by atoms with van der Waals surface area (Å²) in [6.07, 6.45) is 0. The minimum atomic E-state index is -0.432. The van der Waals surface area contributed by atoms with E-state index >= 15 is 0 Å². The smallest absolute Gasteiger partial charge is 0.262 e. The van der Waals surface area contributed by atoms with Gasteiger partial charge in [-0.1, -0.05) is 6.07 Å². The number of hydrogen-bond donors (Lipinski definition) is 1. The molecule has 3 aromatic carbocycles. The number of nitrogens with one attached hydrogen (secondary N) is 1. The molecular weight excluding hydrogens is 462 g/mol. The van der Waals surface area contributed by atoms with Gasteiger partial charge in [0.05, 0.1) is 26.7 Å². The molecule has 0 aliphatic rings. The van der Waals surface area contributed by atoms with Gasteiger partial charge in [-0.25, -0.2) is 0 Å². The number of hydrogen-bond acceptors (Lipinski definition) is 7. The van der Waals surface area contributed by atoms with Crippen LogP contribution in [0.1, 0.15) is 11.1 Å². The predicted molar refractivity (Wildman–Crippen MR) is 138 cm³/mol. The van der Waals surface area contributed by atoms with Crippen LogP contribution in [0.4, 0.5) is 5.69 Å². The summed E-state index contributed by atoms with van der Waals surface area (Å²) in [6, 6.07) is 15.7. The number of carbonyl (C=O) groups is 1. The summed E-state index contributed by atoms with van der Waals surface area (Å²) in [7, 11) is 4.62. The average molecular weight is 490 g/mol. The SMILES string of the molecule is COc1ccc(NC(=O)COc2c(-c3ccc(OC)c(OC)c3)oc3c(C)cc(C)cc3c2=O)cc1. The van der Waals surface area contributed by atoms with Crippen molar-refractivity contribution in [3.05, 3.63) is 75.9 Å². The van der Waals surface area contributed by atoms with Crippen LogP contribution in [-0.4, -0.2) is 33.8 Å². The standard InChI is InChI=1S/C28H27NO7/c1-16-12-17(2)26-21(13-16)25(31)28(27(36-26)18-6-11-22(33-4)23(14-18)34-5)35-15-24(30)29-19-7-9-20(32-3)10-8-19/h6-14H,15H2,1-5H3,(H,29,30). The molecule has 186 valence electrons. The number of benzene rings is 3. The molecule has 0 aliphatic carbocycles. The molecule has 8 nitrogen and oxygen atoms in total. The van der Waals surface area contributed by atoms with Crippen LogP contribution in [0.5, 0.6) is 23.0 Å². The van der Waals surface area contributed by atoms with Crippen molar-refractivity contribution in [1.29, 1.82) is 0 Å². The van der Waals surface area contributed by atoms with Crippen molar-refractivity contribution in [2.45, 2.75) is 13.8 Å². The van der Waals surface area contributed by atoms with Crippen molar-refractivity contribution in [1.82, 2.24) is 0 Å². The zero-order valence-corrected chi connectivity index (χ0v) is 20.8. The van der Waals surface area contributed by atoms with Crippen molar-refractivity contribution in [3.8, 4) is 34.3 Å². The molecule has 4 rings (SSSR count).